The monoisotopic (exact) mass is 246 g/mol. The van der Waals surface area contributed by atoms with Crippen LogP contribution in [0.4, 0.5) is 0 Å². The van der Waals surface area contributed by atoms with Gasteiger partial charge in [0.05, 0.1) is 15.2 Å². The Hall–Kier alpha value is -1.42. The molecule has 0 N–H and O–H groups in total. The molecule has 0 radical (unpaired) electrons. The van der Waals surface area contributed by atoms with Crippen LogP contribution < -0.4 is 0 Å². The highest BCUT2D eigenvalue weighted by molar-refractivity contribution is 7.18. The SMILES string of the molecule is CN1CCC(c2nc3ccccc3s2)CC1=O. The molecule has 1 unspecified atom stereocenters. The van der Waals surface area contributed by atoms with Crippen LogP contribution in [0.25, 0.3) is 10.2 Å². The molecule has 3 nitrogen and oxygen atoms in total. The summed E-state index contributed by atoms with van der Waals surface area (Å²) in [5, 5.41) is 1.12. The highest BCUT2D eigenvalue weighted by Crippen LogP contribution is 2.33. The molecule has 2 aromatic rings. The molecule has 4 heteroatoms. The third kappa shape index (κ3) is 1.93. The summed E-state index contributed by atoms with van der Waals surface area (Å²) in [5.74, 6) is 0.552. The van der Waals surface area contributed by atoms with Crippen LogP contribution in [0.5, 0.6) is 0 Å². The van der Waals surface area contributed by atoms with Gasteiger partial charge in [0.15, 0.2) is 0 Å². The van der Waals surface area contributed by atoms with Crippen LogP contribution in [0.15, 0.2) is 24.3 Å². The van der Waals surface area contributed by atoms with Crippen LogP contribution >= 0.6 is 11.3 Å². The fourth-order valence-electron chi connectivity index (χ4n) is 2.22. The summed E-state index contributed by atoms with van der Waals surface area (Å²) in [6.45, 7) is 0.847. The van der Waals surface area contributed by atoms with E-state index in [4.69, 9.17) is 0 Å². The number of hydrogen-bond acceptors (Lipinski definition) is 3. The Balaban J connectivity index is 1.91. The van der Waals surface area contributed by atoms with Crippen LogP contribution in [-0.4, -0.2) is 29.4 Å². The number of thiazole rings is 1. The van der Waals surface area contributed by atoms with Gasteiger partial charge in [0.25, 0.3) is 0 Å². The number of carbonyl (C=O) groups excluding carboxylic acids is 1. The van der Waals surface area contributed by atoms with E-state index in [-0.39, 0.29) is 5.91 Å². The Morgan fingerprint density at radius 2 is 2.24 bits per heavy atom. The summed E-state index contributed by atoms with van der Waals surface area (Å²) in [4.78, 5) is 18.1. The number of rotatable bonds is 1. The van der Waals surface area contributed by atoms with Gasteiger partial charge in [0, 0.05) is 25.9 Å². The molecule has 1 fully saturated rings. The second-order valence-corrected chi connectivity index (χ2v) is 5.59. The Morgan fingerprint density at radius 3 is 3.00 bits per heavy atom. The Bertz CT molecular complexity index is 530. The summed E-state index contributed by atoms with van der Waals surface area (Å²) in [6, 6.07) is 8.16. The molecular weight excluding hydrogens is 232 g/mol. The molecule has 0 saturated carbocycles. The Morgan fingerprint density at radius 1 is 1.41 bits per heavy atom. The number of para-hydroxylation sites is 1. The molecule has 1 aliphatic heterocycles. The zero-order valence-electron chi connectivity index (χ0n) is 9.72. The lowest BCUT2D eigenvalue weighted by Crippen LogP contribution is -2.34. The predicted molar refractivity (Wildman–Crippen MR) is 69.2 cm³/mol. The van der Waals surface area contributed by atoms with E-state index in [1.807, 2.05) is 30.1 Å². The summed E-state index contributed by atoms with van der Waals surface area (Å²) < 4.78 is 1.22. The first-order valence-corrected chi connectivity index (χ1v) is 6.65. The number of nitrogens with zero attached hydrogens (tertiary/aromatic N) is 2. The van der Waals surface area contributed by atoms with Crippen LogP contribution in [0, 0.1) is 0 Å². The van der Waals surface area contributed by atoms with E-state index in [0.29, 0.717) is 12.3 Å². The maximum atomic E-state index is 11.7. The van der Waals surface area contributed by atoms with Crippen molar-refractivity contribution in [2.75, 3.05) is 13.6 Å². The van der Waals surface area contributed by atoms with Gasteiger partial charge in [0.2, 0.25) is 5.91 Å². The van der Waals surface area contributed by atoms with Crippen molar-refractivity contribution in [3.8, 4) is 0 Å². The number of fused-ring (bicyclic) bond motifs is 1. The molecule has 0 bridgehead atoms. The van der Waals surface area contributed by atoms with Crippen molar-refractivity contribution in [2.45, 2.75) is 18.8 Å². The van der Waals surface area contributed by atoms with Gasteiger partial charge < -0.3 is 4.90 Å². The van der Waals surface area contributed by atoms with Gasteiger partial charge in [-0.15, -0.1) is 11.3 Å². The number of piperidine rings is 1. The van der Waals surface area contributed by atoms with E-state index >= 15 is 0 Å². The van der Waals surface area contributed by atoms with Crippen molar-refractivity contribution in [3.63, 3.8) is 0 Å². The third-order valence-electron chi connectivity index (χ3n) is 3.32. The lowest BCUT2D eigenvalue weighted by Gasteiger charge is -2.27. The quantitative estimate of drug-likeness (QED) is 0.775. The molecule has 0 spiro atoms. The van der Waals surface area contributed by atoms with Crippen LogP contribution in [0.2, 0.25) is 0 Å². The molecule has 1 aromatic heterocycles. The van der Waals surface area contributed by atoms with Crippen LogP contribution in [0.3, 0.4) is 0 Å². The maximum absolute atomic E-state index is 11.7. The van der Waals surface area contributed by atoms with Crippen molar-refractivity contribution >= 4 is 27.5 Å². The minimum absolute atomic E-state index is 0.237. The van der Waals surface area contributed by atoms with Gasteiger partial charge in [0.1, 0.15) is 0 Å². The fraction of sp³-hybridized carbons (Fsp3) is 0.385. The Labute approximate surface area is 104 Å². The van der Waals surface area contributed by atoms with Crippen molar-refractivity contribution in [2.24, 2.45) is 0 Å². The highest BCUT2D eigenvalue weighted by atomic mass is 32.1. The molecule has 1 aliphatic rings. The van der Waals surface area contributed by atoms with Crippen LogP contribution in [-0.2, 0) is 4.79 Å². The average molecular weight is 246 g/mol. The van der Waals surface area contributed by atoms with E-state index in [1.54, 1.807) is 11.3 Å². The number of hydrogen-bond donors (Lipinski definition) is 0. The standard InChI is InChI=1S/C13H14N2OS/c1-15-7-6-9(8-12(15)16)13-14-10-4-2-3-5-11(10)17-13/h2-5,9H,6-8H2,1H3. The Kier molecular flexibility index (Phi) is 2.59. The molecule has 1 saturated heterocycles. The molecule has 1 atom stereocenters. The zero-order valence-corrected chi connectivity index (χ0v) is 10.5. The minimum Gasteiger partial charge on any atom is -0.346 e. The van der Waals surface area contributed by atoms with E-state index < -0.39 is 0 Å². The largest absolute Gasteiger partial charge is 0.346 e. The zero-order chi connectivity index (χ0) is 11.8. The van der Waals surface area contributed by atoms with Gasteiger partial charge in [-0.05, 0) is 18.6 Å². The van der Waals surface area contributed by atoms with E-state index in [2.05, 4.69) is 11.1 Å². The molecule has 88 valence electrons. The van der Waals surface area contributed by atoms with E-state index in [1.165, 1.54) is 4.70 Å². The molecule has 1 amide bonds. The molecule has 3 rings (SSSR count). The van der Waals surface area contributed by atoms with Gasteiger partial charge in [-0.3, -0.25) is 4.79 Å². The average Bonchev–Trinajstić information content (AvgIpc) is 2.76. The van der Waals surface area contributed by atoms with Crippen LogP contribution in [0.1, 0.15) is 23.8 Å². The van der Waals surface area contributed by atoms with Gasteiger partial charge in [-0.2, -0.15) is 0 Å². The lowest BCUT2D eigenvalue weighted by atomic mass is 9.97. The predicted octanol–water partition coefficient (Wildman–Crippen LogP) is 2.63. The molecule has 2 heterocycles. The fourth-order valence-corrected chi connectivity index (χ4v) is 3.32. The summed E-state index contributed by atoms with van der Waals surface area (Å²) in [5.41, 5.74) is 1.05. The summed E-state index contributed by atoms with van der Waals surface area (Å²) in [6.07, 6.45) is 1.64. The normalized spacial score (nSPS) is 21.1. The van der Waals surface area contributed by atoms with Crippen molar-refractivity contribution < 1.29 is 4.79 Å². The number of carbonyl (C=O) groups is 1. The highest BCUT2D eigenvalue weighted by Gasteiger charge is 2.26. The third-order valence-corrected chi connectivity index (χ3v) is 4.52. The summed E-state index contributed by atoms with van der Waals surface area (Å²) >= 11 is 1.73. The first-order chi connectivity index (χ1) is 8.24. The lowest BCUT2D eigenvalue weighted by molar-refractivity contribution is -0.132. The molecule has 17 heavy (non-hydrogen) atoms. The second kappa shape index (κ2) is 4.11. The van der Waals surface area contributed by atoms with Gasteiger partial charge in [-0.1, -0.05) is 12.1 Å². The first kappa shape index (κ1) is 10.7. The first-order valence-electron chi connectivity index (χ1n) is 5.83. The molecule has 0 aliphatic carbocycles. The topological polar surface area (TPSA) is 33.2 Å². The smallest absolute Gasteiger partial charge is 0.223 e. The second-order valence-electron chi connectivity index (χ2n) is 4.52. The van der Waals surface area contributed by atoms with Crippen molar-refractivity contribution in [1.29, 1.82) is 0 Å². The van der Waals surface area contributed by atoms with E-state index in [0.717, 1.165) is 23.5 Å². The molecule has 1 aromatic carbocycles. The van der Waals surface area contributed by atoms with Crippen molar-refractivity contribution in [3.05, 3.63) is 29.3 Å². The van der Waals surface area contributed by atoms with Gasteiger partial charge >= 0.3 is 0 Å². The summed E-state index contributed by atoms with van der Waals surface area (Å²) in [7, 11) is 1.87. The number of aromatic nitrogens is 1. The number of likely N-dealkylation sites (tertiary alicyclic amines) is 1. The van der Waals surface area contributed by atoms with E-state index in [9.17, 15) is 4.79 Å². The number of amides is 1. The number of benzene rings is 1. The van der Waals surface area contributed by atoms with Gasteiger partial charge in [-0.25, -0.2) is 4.98 Å². The van der Waals surface area contributed by atoms with Crippen molar-refractivity contribution in [1.82, 2.24) is 9.88 Å². The minimum atomic E-state index is 0.237. The molecular formula is C13H14N2OS. The maximum Gasteiger partial charge on any atom is 0.223 e.